The second kappa shape index (κ2) is 9.42. The number of methoxy groups -OCH3 is 2. The second-order valence-corrected chi connectivity index (χ2v) is 7.04. The minimum Gasteiger partial charge on any atom is -0.493 e. The van der Waals surface area contributed by atoms with Gasteiger partial charge >= 0.3 is 0 Å². The number of rotatable bonds is 8. The molecule has 29 heavy (non-hydrogen) atoms. The molecule has 0 N–H and O–H groups in total. The molecule has 0 atom stereocenters. The molecule has 0 spiro atoms. The van der Waals surface area contributed by atoms with Crippen LogP contribution in [-0.2, 0) is 11.3 Å². The monoisotopic (exact) mass is 417 g/mol. The lowest BCUT2D eigenvalue weighted by Crippen LogP contribution is -2.27. The molecular weight excluding hydrogens is 397 g/mol. The molecule has 0 unspecified atom stereocenters. The number of benzene rings is 2. The van der Waals surface area contributed by atoms with E-state index in [1.807, 2.05) is 0 Å². The van der Waals surface area contributed by atoms with Gasteiger partial charge < -0.3 is 18.8 Å². The van der Waals surface area contributed by atoms with Gasteiger partial charge in [-0.2, -0.15) is 0 Å². The van der Waals surface area contributed by atoms with Crippen molar-refractivity contribution in [2.75, 3.05) is 27.0 Å². The summed E-state index contributed by atoms with van der Waals surface area (Å²) in [5.41, 5.74) is 1.40. The maximum Gasteiger partial charge on any atom is 0.277 e. The number of amides is 1. The Morgan fingerprint density at radius 3 is 2.66 bits per heavy atom. The molecule has 1 aromatic heterocycles. The number of ether oxygens (including phenoxy) is 2. The van der Waals surface area contributed by atoms with Crippen LogP contribution in [0.3, 0.4) is 0 Å². The van der Waals surface area contributed by atoms with E-state index >= 15 is 0 Å². The first-order chi connectivity index (χ1) is 14.0. The summed E-state index contributed by atoms with van der Waals surface area (Å²) in [6, 6.07) is 11.4. The van der Waals surface area contributed by atoms with E-state index in [0.29, 0.717) is 29.5 Å². The minimum atomic E-state index is -0.328. The SMILES string of the molecule is COc1ccc(-c2nnc(SCC(=O)N(C)Cc3cccc(F)c3)o2)cc1OC. The van der Waals surface area contributed by atoms with E-state index < -0.39 is 0 Å². The molecule has 2 aromatic carbocycles. The number of carbonyl (C=O) groups excluding carboxylic acids is 1. The van der Waals surface area contributed by atoms with Gasteiger partial charge in [0.15, 0.2) is 11.5 Å². The van der Waals surface area contributed by atoms with Gasteiger partial charge in [0.05, 0.1) is 20.0 Å². The highest BCUT2D eigenvalue weighted by Gasteiger charge is 2.15. The van der Waals surface area contributed by atoms with Crippen molar-refractivity contribution in [1.29, 1.82) is 0 Å². The Hall–Kier alpha value is -3.07. The Morgan fingerprint density at radius 1 is 1.14 bits per heavy atom. The first kappa shape index (κ1) is 20.7. The zero-order chi connectivity index (χ0) is 20.8. The Morgan fingerprint density at radius 2 is 1.93 bits per heavy atom. The number of hydrogen-bond acceptors (Lipinski definition) is 7. The van der Waals surface area contributed by atoms with E-state index in [1.165, 1.54) is 17.0 Å². The number of hydrogen-bond donors (Lipinski definition) is 0. The van der Waals surface area contributed by atoms with Gasteiger partial charge in [-0.15, -0.1) is 10.2 Å². The summed E-state index contributed by atoms with van der Waals surface area (Å²) >= 11 is 1.14. The molecule has 7 nitrogen and oxygen atoms in total. The third kappa shape index (κ3) is 5.26. The van der Waals surface area contributed by atoms with Crippen LogP contribution in [-0.4, -0.2) is 48.0 Å². The lowest BCUT2D eigenvalue weighted by Gasteiger charge is -2.16. The van der Waals surface area contributed by atoms with E-state index in [-0.39, 0.29) is 22.7 Å². The zero-order valence-corrected chi connectivity index (χ0v) is 17.0. The summed E-state index contributed by atoms with van der Waals surface area (Å²) in [6.45, 7) is 0.317. The van der Waals surface area contributed by atoms with Crippen molar-refractivity contribution in [2.45, 2.75) is 11.8 Å². The third-order valence-corrected chi connectivity index (χ3v) is 4.89. The molecule has 0 aliphatic rings. The van der Waals surface area contributed by atoms with Crippen LogP contribution in [0.5, 0.6) is 11.5 Å². The Balaban J connectivity index is 1.59. The molecule has 0 aliphatic carbocycles. The number of carbonyl (C=O) groups is 1. The molecule has 1 heterocycles. The lowest BCUT2D eigenvalue weighted by atomic mass is 10.2. The van der Waals surface area contributed by atoms with E-state index in [9.17, 15) is 9.18 Å². The highest BCUT2D eigenvalue weighted by molar-refractivity contribution is 7.99. The first-order valence-electron chi connectivity index (χ1n) is 8.67. The Labute approximate surface area is 171 Å². The summed E-state index contributed by atoms with van der Waals surface area (Å²) in [6.07, 6.45) is 0. The number of nitrogens with zero attached hydrogens (tertiary/aromatic N) is 3. The van der Waals surface area contributed by atoms with E-state index in [4.69, 9.17) is 13.9 Å². The average Bonchev–Trinajstić information content (AvgIpc) is 3.20. The van der Waals surface area contributed by atoms with E-state index in [1.54, 1.807) is 51.6 Å². The summed E-state index contributed by atoms with van der Waals surface area (Å²) in [5.74, 6) is 1.12. The minimum absolute atomic E-state index is 0.124. The normalized spacial score (nSPS) is 10.6. The quantitative estimate of drug-likeness (QED) is 0.518. The van der Waals surface area contributed by atoms with Crippen molar-refractivity contribution >= 4 is 17.7 Å². The van der Waals surface area contributed by atoms with Crippen LogP contribution in [0, 0.1) is 5.82 Å². The molecule has 3 rings (SSSR count). The van der Waals surface area contributed by atoms with E-state index in [0.717, 1.165) is 17.3 Å². The lowest BCUT2D eigenvalue weighted by molar-refractivity contribution is -0.127. The van der Waals surface area contributed by atoms with Crippen LogP contribution < -0.4 is 9.47 Å². The number of aromatic nitrogens is 2. The Kier molecular flexibility index (Phi) is 6.71. The highest BCUT2D eigenvalue weighted by atomic mass is 32.2. The fourth-order valence-electron chi connectivity index (χ4n) is 2.59. The second-order valence-electron chi connectivity index (χ2n) is 6.11. The Bertz CT molecular complexity index is 995. The van der Waals surface area contributed by atoms with Crippen molar-refractivity contribution in [1.82, 2.24) is 15.1 Å². The molecule has 0 saturated carbocycles. The van der Waals surface area contributed by atoms with Gasteiger partial charge in [-0.25, -0.2) is 4.39 Å². The van der Waals surface area contributed by atoms with Crippen LogP contribution in [0.15, 0.2) is 52.1 Å². The average molecular weight is 417 g/mol. The van der Waals surface area contributed by atoms with Crippen LogP contribution in [0.2, 0.25) is 0 Å². The van der Waals surface area contributed by atoms with Crippen LogP contribution >= 0.6 is 11.8 Å². The highest BCUT2D eigenvalue weighted by Crippen LogP contribution is 2.32. The number of thioether (sulfide) groups is 1. The van der Waals surface area contributed by atoms with Gasteiger partial charge in [-0.05, 0) is 35.9 Å². The predicted molar refractivity (Wildman–Crippen MR) is 106 cm³/mol. The molecular formula is C20H20FN3O4S. The van der Waals surface area contributed by atoms with Crippen molar-refractivity contribution < 1.29 is 23.1 Å². The van der Waals surface area contributed by atoms with Crippen molar-refractivity contribution in [3.05, 3.63) is 53.8 Å². The molecule has 0 aliphatic heterocycles. The molecule has 0 fully saturated rings. The van der Waals surface area contributed by atoms with Gasteiger partial charge in [-0.3, -0.25) is 4.79 Å². The molecule has 9 heteroatoms. The molecule has 0 radical (unpaired) electrons. The van der Waals surface area contributed by atoms with Gasteiger partial charge in [0.25, 0.3) is 5.22 Å². The molecule has 152 valence electrons. The maximum atomic E-state index is 13.3. The number of halogens is 1. The molecule has 0 bridgehead atoms. The van der Waals surface area contributed by atoms with Crippen LogP contribution in [0.4, 0.5) is 4.39 Å². The fraction of sp³-hybridized carbons (Fsp3) is 0.250. The maximum absolute atomic E-state index is 13.3. The van der Waals surface area contributed by atoms with Crippen molar-refractivity contribution in [3.8, 4) is 23.0 Å². The van der Waals surface area contributed by atoms with Crippen molar-refractivity contribution in [3.63, 3.8) is 0 Å². The van der Waals surface area contributed by atoms with Gasteiger partial charge in [0, 0.05) is 19.2 Å². The largest absolute Gasteiger partial charge is 0.493 e. The molecule has 1 amide bonds. The fourth-order valence-corrected chi connectivity index (χ4v) is 3.29. The summed E-state index contributed by atoms with van der Waals surface area (Å²) < 4.78 is 29.4. The third-order valence-electron chi connectivity index (χ3n) is 4.09. The van der Waals surface area contributed by atoms with Gasteiger partial charge in [0.1, 0.15) is 5.82 Å². The smallest absolute Gasteiger partial charge is 0.277 e. The van der Waals surface area contributed by atoms with Gasteiger partial charge in [-0.1, -0.05) is 23.9 Å². The van der Waals surface area contributed by atoms with Crippen LogP contribution in [0.25, 0.3) is 11.5 Å². The van der Waals surface area contributed by atoms with Crippen LogP contribution in [0.1, 0.15) is 5.56 Å². The zero-order valence-electron chi connectivity index (χ0n) is 16.2. The van der Waals surface area contributed by atoms with E-state index in [2.05, 4.69) is 10.2 Å². The molecule has 0 saturated heterocycles. The molecule has 3 aromatic rings. The topological polar surface area (TPSA) is 77.7 Å². The van der Waals surface area contributed by atoms with Crippen molar-refractivity contribution in [2.24, 2.45) is 0 Å². The standard InChI is InChI=1S/C20H20FN3O4S/c1-24(11-13-5-4-6-15(21)9-13)18(25)12-29-20-23-22-19(28-20)14-7-8-16(26-2)17(10-14)27-3/h4-10H,11-12H2,1-3H3. The first-order valence-corrected chi connectivity index (χ1v) is 9.66. The predicted octanol–water partition coefficient (Wildman–Crippen LogP) is 3.64. The summed E-state index contributed by atoms with van der Waals surface area (Å²) in [5, 5.41) is 8.27. The summed E-state index contributed by atoms with van der Waals surface area (Å²) in [4.78, 5) is 13.8. The summed E-state index contributed by atoms with van der Waals surface area (Å²) in [7, 11) is 4.76. The van der Waals surface area contributed by atoms with Gasteiger partial charge in [0.2, 0.25) is 11.8 Å².